The standard InChI is InChI=1S/C12H17NO2S/c1-9-4-6-10(7-5-9)12(16)13-8-11(14-2)15-3/h4-7,11H,8H2,1-3H3,(H,13,16). The SMILES string of the molecule is COC(CNC(=S)c1ccc(C)cc1)OC. The second-order valence-corrected chi connectivity index (χ2v) is 3.89. The lowest BCUT2D eigenvalue weighted by Crippen LogP contribution is -2.33. The van der Waals surface area contributed by atoms with Crippen molar-refractivity contribution in [2.24, 2.45) is 0 Å². The Morgan fingerprint density at radius 2 is 1.81 bits per heavy atom. The Morgan fingerprint density at radius 1 is 1.25 bits per heavy atom. The predicted molar refractivity (Wildman–Crippen MR) is 68.7 cm³/mol. The van der Waals surface area contributed by atoms with Gasteiger partial charge in [0.05, 0.1) is 6.54 Å². The molecule has 4 heteroatoms. The van der Waals surface area contributed by atoms with Crippen LogP contribution < -0.4 is 5.32 Å². The molecule has 0 unspecified atom stereocenters. The topological polar surface area (TPSA) is 30.5 Å². The van der Waals surface area contributed by atoms with E-state index in [0.29, 0.717) is 11.5 Å². The maximum Gasteiger partial charge on any atom is 0.173 e. The molecule has 1 rings (SSSR count). The molecule has 0 atom stereocenters. The van der Waals surface area contributed by atoms with Gasteiger partial charge in [-0.1, -0.05) is 42.0 Å². The van der Waals surface area contributed by atoms with Crippen LogP contribution in [0, 0.1) is 6.92 Å². The number of benzene rings is 1. The van der Waals surface area contributed by atoms with Crippen molar-refractivity contribution >= 4 is 17.2 Å². The number of rotatable bonds is 5. The fourth-order valence-corrected chi connectivity index (χ4v) is 1.47. The van der Waals surface area contributed by atoms with Crippen LogP contribution in [0.15, 0.2) is 24.3 Å². The summed E-state index contributed by atoms with van der Waals surface area (Å²) in [6.45, 7) is 2.59. The number of hydrogen-bond donors (Lipinski definition) is 1. The third-order valence-electron chi connectivity index (χ3n) is 2.27. The van der Waals surface area contributed by atoms with Gasteiger partial charge in [-0.25, -0.2) is 0 Å². The molecule has 0 amide bonds. The summed E-state index contributed by atoms with van der Waals surface area (Å²) in [5.41, 5.74) is 2.23. The minimum Gasteiger partial charge on any atom is -0.371 e. The van der Waals surface area contributed by atoms with Crippen molar-refractivity contribution in [2.45, 2.75) is 13.2 Å². The third-order valence-corrected chi connectivity index (χ3v) is 2.65. The number of hydrogen-bond acceptors (Lipinski definition) is 3. The van der Waals surface area contributed by atoms with Crippen molar-refractivity contribution in [1.29, 1.82) is 0 Å². The van der Waals surface area contributed by atoms with Crippen LogP contribution in [0.2, 0.25) is 0 Å². The lowest BCUT2D eigenvalue weighted by atomic mass is 10.1. The van der Waals surface area contributed by atoms with Crippen molar-refractivity contribution in [3.8, 4) is 0 Å². The van der Waals surface area contributed by atoms with Gasteiger partial charge >= 0.3 is 0 Å². The minimum atomic E-state index is -0.275. The molecule has 1 aromatic carbocycles. The van der Waals surface area contributed by atoms with Crippen LogP contribution >= 0.6 is 12.2 Å². The minimum absolute atomic E-state index is 0.275. The molecule has 0 bridgehead atoms. The van der Waals surface area contributed by atoms with E-state index in [9.17, 15) is 0 Å². The Kier molecular flexibility index (Phi) is 5.38. The molecule has 0 aliphatic heterocycles. The average molecular weight is 239 g/mol. The Hall–Kier alpha value is -0.970. The molecule has 1 N–H and O–H groups in total. The second kappa shape index (κ2) is 6.58. The molecule has 0 aliphatic rings. The normalized spacial score (nSPS) is 10.5. The number of nitrogens with one attached hydrogen (secondary N) is 1. The molecule has 0 radical (unpaired) electrons. The zero-order valence-electron chi connectivity index (χ0n) is 9.82. The van der Waals surface area contributed by atoms with Gasteiger partial charge in [0.15, 0.2) is 6.29 Å². The summed E-state index contributed by atoms with van der Waals surface area (Å²) >= 11 is 5.26. The van der Waals surface area contributed by atoms with Gasteiger partial charge in [0.2, 0.25) is 0 Å². The second-order valence-electron chi connectivity index (χ2n) is 3.48. The first kappa shape index (κ1) is 13.1. The highest BCUT2D eigenvalue weighted by atomic mass is 32.1. The van der Waals surface area contributed by atoms with Crippen LogP contribution in [0.4, 0.5) is 0 Å². The van der Waals surface area contributed by atoms with E-state index in [1.807, 2.05) is 31.2 Å². The van der Waals surface area contributed by atoms with Gasteiger partial charge in [-0.2, -0.15) is 0 Å². The third kappa shape index (κ3) is 3.89. The van der Waals surface area contributed by atoms with Crippen molar-refractivity contribution in [2.75, 3.05) is 20.8 Å². The molecular formula is C12H17NO2S. The van der Waals surface area contributed by atoms with E-state index in [4.69, 9.17) is 21.7 Å². The van der Waals surface area contributed by atoms with E-state index in [2.05, 4.69) is 5.32 Å². The van der Waals surface area contributed by atoms with Crippen molar-refractivity contribution in [3.05, 3.63) is 35.4 Å². The van der Waals surface area contributed by atoms with Gasteiger partial charge in [-0.3, -0.25) is 0 Å². The largest absolute Gasteiger partial charge is 0.371 e. The smallest absolute Gasteiger partial charge is 0.173 e. The first-order valence-electron chi connectivity index (χ1n) is 5.08. The Labute approximate surface area is 102 Å². The van der Waals surface area contributed by atoms with E-state index in [0.717, 1.165) is 5.56 Å². The molecule has 3 nitrogen and oxygen atoms in total. The van der Waals surface area contributed by atoms with Gasteiger partial charge in [-0.15, -0.1) is 0 Å². The molecule has 0 saturated carbocycles. The number of ether oxygens (including phenoxy) is 2. The van der Waals surface area contributed by atoms with Crippen molar-refractivity contribution in [3.63, 3.8) is 0 Å². The predicted octanol–water partition coefficient (Wildman–Crippen LogP) is 1.88. The quantitative estimate of drug-likeness (QED) is 0.628. The van der Waals surface area contributed by atoms with Crippen LogP contribution in [0.1, 0.15) is 11.1 Å². The average Bonchev–Trinajstić information content (AvgIpc) is 2.31. The molecule has 0 heterocycles. The summed E-state index contributed by atoms with van der Waals surface area (Å²) in [5.74, 6) is 0. The van der Waals surface area contributed by atoms with Crippen LogP contribution in [0.3, 0.4) is 0 Å². The fourth-order valence-electron chi connectivity index (χ4n) is 1.25. The lowest BCUT2D eigenvalue weighted by Gasteiger charge is -2.15. The molecule has 88 valence electrons. The highest BCUT2D eigenvalue weighted by Crippen LogP contribution is 2.03. The van der Waals surface area contributed by atoms with Gasteiger partial charge in [0.25, 0.3) is 0 Å². The number of methoxy groups -OCH3 is 2. The van der Waals surface area contributed by atoms with Gasteiger partial charge in [0, 0.05) is 19.8 Å². The Morgan fingerprint density at radius 3 is 2.31 bits per heavy atom. The summed E-state index contributed by atoms with van der Waals surface area (Å²) in [6, 6.07) is 8.07. The highest BCUT2D eigenvalue weighted by molar-refractivity contribution is 7.80. The summed E-state index contributed by atoms with van der Waals surface area (Å²) < 4.78 is 10.1. The monoisotopic (exact) mass is 239 g/mol. The summed E-state index contributed by atoms with van der Waals surface area (Å²) in [5, 5.41) is 3.10. The first-order chi connectivity index (χ1) is 7.67. The van der Waals surface area contributed by atoms with E-state index >= 15 is 0 Å². The summed E-state index contributed by atoms with van der Waals surface area (Å²) in [4.78, 5) is 0.708. The first-order valence-corrected chi connectivity index (χ1v) is 5.48. The van der Waals surface area contributed by atoms with Crippen LogP contribution in [0.5, 0.6) is 0 Å². The van der Waals surface area contributed by atoms with Crippen molar-refractivity contribution in [1.82, 2.24) is 5.32 Å². The van der Waals surface area contributed by atoms with Crippen LogP contribution in [0.25, 0.3) is 0 Å². The van der Waals surface area contributed by atoms with E-state index < -0.39 is 0 Å². The van der Waals surface area contributed by atoms with E-state index in [1.54, 1.807) is 14.2 Å². The van der Waals surface area contributed by atoms with Crippen molar-refractivity contribution < 1.29 is 9.47 Å². The molecule has 1 aromatic rings. The summed E-state index contributed by atoms with van der Waals surface area (Å²) in [6.07, 6.45) is -0.275. The fraction of sp³-hybridized carbons (Fsp3) is 0.417. The number of thiocarbonyl (C=S) groups is 1. The molecule has 0 fully saturated rings. The highest BCUT2D eigenvalue weighted by Gasteiger charge is 2.06. The molecule has 0 spiro atoms. The maximum absolute atomic E-state index is 5.26. The maximum atomic E-state index is 5.26. The molecule has 0 aliphatic carbocycles. The van der Waals surface area contributed by atoms with Gasteiger partial charge in [0.1, 0.15) is 4.99 Å². The van der Waals surface area contributed by atoms with E-state index in [-0.39, 0.29) is 6.29 Å². The molecule has 16 heavy (non-hydrogen) atoms. The Balaban J connectivity index is 2.49. The van der Waals surface area contributed by atoms with E-state index in [1.165, 1.54) is 5.56 Å². The van der Waals surface area contributed by atoms with Crippen LogP contribution in [-0.4, -0.2) is 32.0 Å². The molecule has 0 aromatic heterocycles. The summed E-state index contributed by atoms with van der Waals surface area (Å²) in [7, 11) is 3.20. The zero-order valence-corrected chi connectivity index (χ0v) is 10.6. The lowest BCUT2D eigenvalue weighted by molar-refractivity contribution is -0.0964. The molecule has 0 saturated heterocycles. The van der Waals surface area contributed by atoms with Crippen LogP contribution in [-0.2, 0) is 9.47 Å². The number of aryl methyl sites for hydroxylation is 1. The zero-order chi connectivity index (χ0) is 12.0. The molecular weight excluding hydrogens is 222 g/mol. The van der Waals surface area contributed by atoms with Gasteiger partial charge < -0.3 is 14.8 Å². The van der Waals surface area contributed by atoms with Gasteiger partial charge in [-0.05, 0) is 6.92 Å². The Bertz CT molecular complexity index is 333.